The summed E-state index contributed by atoms with van der Waals surface area (Å²) in [6, 6.07) is 16.3. The standard InChI is InChI=1S/C27H32N2O5/c1-18(2)14-19(15-25(30)28-13-7-12-26(31)32)16-29-27(33)34-17-24-22-10-5-3-8-20(22)21-9-4-6-11-23(21)24/h3-12,18-19,24H,13-17H2,1-2H3,(H,28,30)(H,29,33)(H,31,32)/b12-7+. The van der Waals surface area contributed by atoms with Crippen LogP contribution in [0.15, 0.2) is 60.7 Å². The summed E-state index contributed by atoms with van der Waals surface area (Å²) in [5.74, 6) is -0.943. The average molecular weight is 465 g/mol. The molecule has 1 aliphatic carbocycles. The summed E-state index contributed by atoms with van der Waals surface area (Å²) in [4.78, 5) is 35.2. The van der Waals surface area contributed by atoms with Crippen molar-refractivity contribution in [1.29, 1.82) is 0 Å². The van der Waals surface area contributed by atoms with Crippen molar-refractivity contribution < 1.29 is 24.2 Å². The predicted octanol–water partition coefficient (Wildman–Crippen LogP) is 4.33. The first-order valence-electron chi connectivity index (χ1n) is 11.6. The summed E-state index contributed by atoms with van der Waals surface area (Å²) < 4.78 is 5.59. The first-order valence-corrected chi connectivity index (χ1v) is 11.6. The number of alkyl carbamates (subject to hydrolysis) is 1. The van der Waals surface area contributed by atoms with Crippen LogP contribution in [0.3, 0.4) is 0 Å². The molecule has 0 radical (unpaired) electrons. The van der Waals surface area contributed by atoms with E-state index < -0.39 is 12.1 Å². The highest BCUT2D eigenvalue weighted by molar-refractivity contribution is 5.80. The molecular formula is C27H32N2O5. The van der Waals surface area contributed by atoms with Gasteiger partial charge in [0.05, 0.1) is 0 Å². The third-order valence-corrected chi connectivity index (χ3v) is 5.84. The number of fused-ring (bicyclic) bond motifs is 3. The molecule has 0 aliphatic heterocycles. The van der Waals surface area contributed by atoms with E-state index in [9.17, 15) is 14.4 Å². The molecule has 7 nitrogen and oxygen atoms in total. The van der Waals surface area contributed by atoms with E-state index in [-0.39, 0.29) is 37.3 Å². The van der Waals surface area contributed by atoms with E-state index in [0.717, 1.165) is 23.6 Å². The van der Waals surface area contributed by atoms with Gasteiger partial charge < -0.3 is 20.5 Å². The van der Waals surface area contributed by atoms with E-state index >= 15 is 0 Å². The number of carbonyl (C=O) groups is 3. The Morgan fingerprint density at radius 1 is 1.00 bits per heavy atom. The molecular weight excluding hydrogens is 432 g/mol. The number of carboxylic acid groups (broad SMARTS) is 1. The van der Waals surface area contributed by atoms with Gasteiger partial charge in [-0.25, -0.2) is 9.59 Å². The second-order valence-electron chi connectivity index (χ2n) is 8.95. The quantitative estimate of drug-likeness (QED) is 0.429. The molecule has 7 heteroatoms. The first kappa shape index (κ1) is 25.0. The number of ether oxygens (including phenoxy) is 1. The third-order valence-electron chi connectivity index (χ3n) is 5.84. The minimum absolute atomic E-state index is 0.00533. The second-order valence-corrected chi connectivity index (χ2v) is 8.95. The maximum Gasteiger partial charge on any atom is 0.407 e. The van der Waals surface area contributed by atoms with E-state index in [1.807, 2.05) is 24.3 Å². The number of hydrogen-bond donors (Lipinski definition) is 3. The number of hydrogen-bond acceptors (Lipinski definition) is 4. The second kappa shape index (κ2) is 12.0. The van der Waals surface area contributed by atoms with Crippen molar-refractivity contribution >= 4 is 18.0 Å². The van der Waals surface area contributed by atoms with Gasteiger partial charge in [0.15, 0.2) is 0 Å². The molecule has 2 aromatic carbocycles. The van der Waals surface area contributed by atoms with E-state index in [1.54, 1.807) is 0 Å². The zero-order chi connectivity index (χ0) is 24.5. The summed E-state index contributed by atoms with van der Waals surface area (Å²) in [6.45, 7) is 4.85. The van der Waals surface area contributed by atoms with Crippen LogP contribution in [0.25, 0.3) is 11.1 Å². The van der Waals surface area contributed by atoms with E-state index in [0.29, 0.717) is 12.5 Å². The SMILES string of the molecule is CC(C)CC(CNC(=O)OCC1c2ccccc2-c2ccccc21)CC(=O)NC/C=C/C(=O)O. The highest BCUT2D eigenvalue weighted by Crippen LogP contribution is 2.44. The van der Waals surface area contributed by atoms with Crippen molar-refractivity contribution in [3.05, 3.63) is 71.8 Å². The molecule has 0 heterocycles. The Kier molecular flexibility index (Phi) is 8.85. The molecule has 3 rings (SSSR count). The van der Waals surface area contributed by atoms with Gasteiger partial charge in [0.25, 0.3) is 0 Å². The fraction of sp³-hybridized carbons (Fsp3) is 0.370. The Bertz CT molecular complexity index is 1000. The molecule has 2 amide bonds. The molecule has 0 fully saturated rings. The van der Waals surface area contributed by atoms with Crippen molar-refractivity contribution in [3.8, 4) is 11.1 Å². The molecule has 0 saturated carbocycles. The fourth-order valence-electron chi connectivity index (χ4n) is 4.45. The number of carbonyl (C=O) groups excluding carboxylic acids is 2. The van der Waals surface area contributed by atoms with Gasteiger partial charge in [0.1, 0.15) is 6.61 Å². The summed E-state index contributed by atoms with van der Waals surface area (Å²) >= 11 is 0. The number of carboxylic acids is 1. The Labute approximate surface area is 200 Å². The van der Waals surface area contributed by atoms with Crippen LogP contribution in [-0.4, -0.2) is 42.8 Å². The molecule has 0 spiro atoms. The van der Waals surface area contributed by atoms with Gasteiger partial charge >= 0.3 is 12.1 Å². The van der Waals surface area contributed by atoms with Crippen LogP contribution in [0, 0.1) is 11.8 Å². The van der Waals surface area contributed by atoms with Gasteiger partial charge in [-0.15, -0.1) is 0 Å². The van der Waals surface area contributed by atoms with Crippen LogP contribution in [0.2, 0.25) is 0 Å². The van der Waals surface area contributed by atoms with Crippen molar-refractivity contribution in [2.75, 3.05) is 19.7 Å². The molecule has 180 valence electrons. The molecule has 0 bridgehead atoms. The minimum atomic E-state index is -1.06. The minimum Gasteiger partial charge on any atom is -0.478 e. The maximum atomic E-state index is 12.5. The van der Waals surface area contributed by atoms with Crippen LogP contribution < -0.4 is 10.6 Å². The number of benzene rings is 2. The summed E-state index contributed by atoms with van der Waals surface area (Å²) in [6.07, 6.45) is 2.88. The van der Waals surface area contributed by atoms with Gasteiger partial charge in [-0.05, 0) is 40.5 Å². The van der Waals surface area contributed by atoms with Crippen LogP contribution in [-0.2, 0) is 14.3 Å². The lowest BCUT2D eigenvalue weighted by atomic mass is 9.94. The van der Waals surface area contributed by atoms with Gasteiger partial charge in [0, 0.05) is 31.5 Å². The van der Waals surface area contributed by atoms with Gasteiger partial charge in [0.2, 0.25) is 5.91 Å². The van der Waals surface area contributed by atoms with Gasteiger partial charge in [-0.2, -0.15) is 0 Å². The highest BCUT2D eigenvalue weighted by Gasteiger charge is 2.29. The maximum absolute atomic E-state index is 12.5. The molecule has 3 N–H and O–H groups in total. The van der Waals surface area contributed by atoms with Gasteiger partial charge in [-0.3, -0.25) is 4.79 Å². The lowest BCUT2D eigenvalue weighted by Crippen LogP contribution is -2.34. The van der Waals surface area contributed by atoms with Crippen molar-refractivity contribution in [1.82, 2.24) is 10.6 Å². The number of nitrogens with one attached hydrogen (secondary N) is 2. The zero-order valence-electron chi connectivity index (χ0n) is 19.6. The first-order chi connectivity index (χ1) is 16.3. The predicted molar refractivity (Wildman–Crippen MR) is 130 cm³/mol. The van der Waals surface area contributed by atoms with E-state index in [1.165, 1.54) is 17.2 Å². The highest BCUT2D eigenvalue weighted by atomic mass is 16.5. The monoisotopic (exact) mass is 464 g/mol. The Morgan fingerprint density at radius 3 is 2.21 bits per heavy atom. The number of aliphatic carboxylic acids is 1. The molecule has 1 atom stereocenters. The van der Waals surface area contributed by atoms with Crippen molar-refractivity contribution in [2.45, 2.75) is 32.6 Å². The Morgan fingerprint density at radius 2 is 1.62 bits per heavy atom. The molecule has 2 aromatic rings. The van der Waals surface area contributed by atoms with Crippen molar-refractivity contribution in [2.24, 2.45) is 11.8 Å². The Balaban J connectivity index is 1.51. The molecule has 1 aliphatic rings. The summed E-state index contributed by atoms with van der Waals surface area (Å²) in [5, 5.41) is 14.1. The fourth-order valence-corrected chi connectivity index (χ4v) is 4.45. The number of rotatable bonds is 11. The molecule has 0 aromatic heterocycles. The van der Waals surface area contributed by atoms with Crippen LogP contribution in [0.5, 0.6) is 0 Å². The van der Waals surface area contributed by atoms with Gasteiger partial charge in [-0.1, -0.05) is 68.5 Å². The Hall–Kier alpha value is -3.61. The molecule has 34 heavy (non-hydrogen) atoms. The lowest BCUT2D eigenvalue weighted by molar-refractivity contribution is -0.131. The van der Waals surface area contributed by atoms with E-state index in [2.05, 4.69) is 48.7 Å². The van der Waals surface area contributed by atoms with Crippen molar-refractivity contribution in [3.63, 3.8) is 0 Å². The normalized spacial score (nSPS) is 13.4. The van der Waals surface area contributed by atoms with Crippen LogP contribution in [0.4, 0.5) is 4.79 Å². The number of amides is 2. The average Bonchev–Trinajstić information content (AvgIpc) is 3.12. The largest absolute Gasteiger partial charge is 0.478 e. The van der Waals surface area contributed by atoms with Crippen LogP contribution in [0.1, 0.15) is 43.7 Å². The topological polar surface area (TPSA) is 105 Å². The summed E-state index contributed by atoms with van der Waals surface area (Å²) in [7, 11) is 0. The van der Waals surface area contributed by atoms with Crippen LogP contribution >= 0.6 is 0 Å². The smallest absolute Gasteiger partial charge is 0.407 e. The summed E-state index contributed by atoms with van der Waals surface area (Å²) in [5.41, 5.74) is 4.66. The zero-order valence-corrected chi connectivity index (χ0v) is 19.6. The third kappa shape index (κ3) is 6.94. The van der Waals surface area contributed by atoms with E-state index in [4.69, 9.17) is 9.84 Å². The molecule has 1 unspecified atom stereocenters. The molecule has 0 saturated heterocycles. The lowest BCUT2D eigenvalue weighted by Gasteiger charge is -2.20.